The monoisotopic (exact) mass is 596 g/mol. The molecule has 5 nitrogen and oxygen atoms in total. The van der Waals surface area contributed by atoms with Crippen LogP contribution in [0.4, 0.5) is 5.69 Å². The van der Waals surface area contributed by atoms with Gasteiger partial charge >= 0.3 is 0 Å². The number of nitrogens with zero attached hydrogens (tertiary/aromatic N) is 3. The van der Waals surface area contributed by atoms with Crippen LogP contribution >= 0.6 is 0 Å². The average molecular weight is 597 g/mol. The molecule has 0 fully saturated rings. The number of aliphatic imine (C=N–C) groups is 2. The molecule has 0 amide bonds. The van der Waals surface area contributed by atoms with Gasteiger partial charge in [0, 0.05) is 33.3 Å². The highest BCUT2D eigenvalue weighted by molar-refractivity contribution is 6.18. The van der Waals surface area contributed by atoms with E-state index in [2.05, 4.69) is 131 Å². The van der Waals surface area contributed by atoms with Crippen molar-refractivity contribution in [3.8, 4) is 0 Å². The van der Waals surface area contributed by atoms with Gasteiger partial charge in [-0.3, -0.25) is 0 Å². The molecule has 46 heavy (non-hydrogen) atoms. The van der Waals surface area contributed by atoms with Gasteiger partial charge in [-0.25, -0.2) is 9.98 Å². The van der Waals surface area contributed by atoms with E-state index in [0.717, 1.165) is 59.8 Å². The molecule has 3 aliphatic carbocycles. The number of benzene rings is 4. The average Bonchev–Trinajstić information content (AvgIpc) is 3.72. The lowest BCUT2D eigenvalue weighted by Gasteiger charge is -2.30. The largest absolute Gasteiger partial charge is 0.467 e. The number of aromatic nitrogens is 1. The molecule has 0 saturated carbocycles. The summed E-state index contributed by atoms with van der Waals surface area (Å²) in [6.07, 6.45) is 19.1. The Morgan fingerprint density at radius 3 is 2.52 bits per heavy atom. The van der Waals surface area contributed by atoms with E-state index >= 15 is 0 Å². The molecule has 1 aromatic heterocycles. The number of para-hydroxylation sites is 1. The first kappa shape index (κ1) is 25.9. The third-order valence-electron chi connectivity index (χ3n) is 10.1. The molecule has 5 aromatic rings. The topological polar surface area (TPSA) is 50.9 Å². The van der Waals surface area contributed by atoms with Crippen LogP contribution in [0, 0.1) is 0 Å². The fraction of sp³-hybridized carbons (Fsp3) is 0.171. The molecule has 4 aromatic carbocycles. The zero-order valence-corrected chi connectivity index (χ0v) is 25.4. The molecular weight excluding hydrogens is 564 g/mol. The van der Waals surface area contributed by atoms with E-state index in [1.54, 1.807) is 0 Å². The Kier molecular flexibility index (Phi) is 5.65. The molecule has 2 aliphatic heterocycles. The van der Waals surface area contributed by atoms with Crippen molar-refractivity contribution in [1.29, 1.82) is 0 Å². The zero-order valence-electron chi connectivity index (χ0n) is 25.4. The molecule has 222 valence electrons. The maximum atomic E-state index is 6.89. The molecule has 5 heteroatoms. The van der Waals surface area contributed by atoms with E-state index in [-0.39, 0.29) is 18.4 Å². The Morgan fingerprint density at radius 2 is 1.63 bits per heavy atom. The first-order valence-corrected chi connectivity index (χ1v) is 16.4. The third kappa shape index (κ3) is 3.75. The quantitative estimate of drug-likeness (QED) is 0.226. The van der Waals surface area contributed by atoms with Crippen LogP contribution in [0.15, 0.2) is 125 Å². The van der Waals surface area contributed by atoms with Crippen LogP contribution in [-0.2, 0) is 11.2 Å². The second kappa shape index (κ2) is 10.0. The van der Waals surface area contributed by atoms with Crippen LogP contribution in [0.25, 0.3) is 33.8 Å². The summed E-state index contributed by atoms with van der Waals surface area (Å²) < 4.78 is 9.36. The minimum Gasteiger partial charge on any atom is -0.467 e. The van der Waals surface area contributed by atoms with E-state index < -0.39 is 0 Å². The van der Waals surface area contributed by atoms with Crippen LogP contribution < -0.4 is 5.32 Å². The molecule has 3 heterocycles. The number of hydrogen-bond donors (Lipinski definition) is 1. The number of fused-ring (bicyclic) bond motifs is 11. The highest BCUT2D eigenvalue weighted by Crippen LogP contribution is 2.50. The molecule has 0 radical (unpaired) electrons. The maximum Gasteiger partial charge on any atom is 0.213 e. The first-order valence-electron chi connectivity index (χ1n) is 16.4. The maximum absolute atomic E-state index is 6.89. The summed E-state index contributed by atoms with van der Waals surface area (Å²) in [6, 6.07) is 27.9. The molecule has 0 spiro atoms. The fourth-order valence-electron chi connectivity index (χ4n) is 8.06. The van der Waals surface area contributed by atoms with Gasteiger partial charge < -0.3 is 14.6 Å². The SMILES string of the molecule is C1=CCCC(C2=NC3C=Cc4c(c5c6ccccc6c6c(c5n4C4N=C(c5ccccc5)c5ccccc5N4)CCC=C6)C3O2)=C1. The lowest BCUT2D eigenvalue weighted by atomic mass is 9.86. The summed E-state index contributed by atoms with van der Waals surface area (Å²) in [5.74, 6) is 0.789. The molecule has 3 atom stereocenters. The summed E-state index contributed by atoms with van der Waals surface area (Å²) in [5, 5.41) is 7.67. The molecule has 1 N–H and O–H groups in total. The Bertz CT molecular complexity index is 2280. The van der Waals surface area contributed by atoms with Gasteiger partial charge in [0.2, 0.25) is 12.2 Å². The van der Waals surface area contributed by atoms with E-state index in [0.29, 0.717) is 0 Å². The number of hydrogen-bond acceptors (Lipinski definition) is 4. The van der Waals surface area contributed by atoms with E-state index in [9.17, 15) is 0 Å². The summed E-state index contributed by atoms with van der Waals surface area (Å²) in [7, 11) is 0. The van der Waals surface area contributed by atoms with Gasteiger partial charge in [0.1, 0.15) is 6.04 Å². The number of nitrogens with one attached hydrogen (secondary N) is 1. The van der Waals surface area contributed by atoms with Crippen LogP contribution in [-0.4, -0.2) is 22.2 Å². The van der Waals surface area contributed by atoms with Gasteiger partial charge in [-0.15, -0.1) is 0 Å². The van der Waals surface area contributed by atoms with Gasteiger partial charge in [-0.05, 0) is 59.7 Å². The van der Waals surface area contributed by atoms with E-state index in [1.807, 2.05) is 0 Å². The fourth-order valence-corrected chi connectivity index (χ4v) is 8.06. The molecule has 0 bridgehead atoms. The molecule has 10 rings (SSSR count). The number of anilines is 1. The van der Waals surface area contributed by atoms with Crippen LogP contribution in [0.1, 0.15) is 65.2 Å². The second-order valence-electron chi connectivity index (χ2n) is 12.7. The molecule has 3 unspecified atom stereocenters. The minimum absolute atomic E-state index is 0.0635. The predicted octanol–water partition coefficient (Wildman–Crippen LogP) is 9.31. The van der Waals surface area contributed by atoms with Gasteiger partial charge in [0.25, 0.3) is 0 Å². The Balaban J connectivity index is 1.26. The zero-order chi connectivity index (χ0) is 30.2. The van der Waals surface area contributed by atoms with Crippen LogP contribution in [0.5, 0.6) is 0 Å². The Hall–Kier alpha value is -5.42. The summed E-state index contributed by atoms with van der Waals surface area (Å²) >= 11 is 0. The number of ether oxygens (including phenoxy) is 1. The van der Waals surface area contributed by atoms with Crippen molar-refractivity contribution in [1.82, 2.24) is 4.57 Å². The first-order chi connectivity index (χ1) is 22.8. The molecule has 5 aliphatic rings. The lowest BCUT2D eigenvalue weighted by molar-refractivity contribution is 0.209. The van der Waals surface area contributed by atoms with Crippen molar-refractivity contribution in [2.75, 3.05) is 5.32 Å². The summed E-state index contributed by atoms with van der Waals surface area (Å²) in [6.45, 7) is 0. The normalized spacial score (nSPS) is 22.3. The van der Waals surface area contributed by atoms with Crippen LogP contribution in [0.3, 0.4) is 0 Å². The Labute approximate surface area is 267 Å². The highest BCUT2D eigenvalue weighted by atomic mass is 16.5. The van der Waals surface area contributed by atoms with Crippen molar-refractivity contribution in [3.05, 3.63) is 148 Å². The minimum atomic E-state index is -0.346. The van der Waals surface area contributed by atoms with Gasteiger partial charge in [0.15, 0.2) is 6.10 Å². The van der Waals surface area contributed by atoms with Crippen molar-refractivity contribution < 1.29 is 4.74 Å². The highest BCUT2D eigenvalue weighted by Gasteiger charge is 2.41. The van der Waals surface area contributed by atoms with Crippen molar-refractivity contribution in [2.45, 2.75) is 44.1 Å². The Morgan fingerprint density at radius 1 is 0.804 bits per heavy atom. The number of rotatable bonds is 3. The van der Waals surface area contributed by atoms with Gasteiger partial charge in [0.05, 0.1) is 16.9 Å². The van der Waals surface area contributed by atoms with Crippen molar-refractivity contribution >= 4 is 51.1 Å². The number of aryl methyl sites for hydroxylation is 1. The van der Waals surface area contributed by atoms with Gasteiger partial charge in [-0.1, -0.05) is 109 Å². The van der Waals surface area contributed by atoms with Gasteiger partial charge in [-0.2, -0.15) is 0 Å². The summed E-state index contributed by atoms with van der Waals surface area (Å²) in [4.78, 5) is 10.7. The standard InChI is InChI=1S/C41H32N4O/c1-3-13-25(14-4-1)37-31-21-11-12-22-32(31)43-41(44-37)45-34-24-23-33-39(46-40(42-33)26-15-5-2-6-16-26)36(34)35-29-19-9-7-17-27(29)28-18-8-10-20-30(28)38(35)45/h1-5,7-9,11-15,17-19,21-24,33,39,41,43H,6,10,16,20H2. The summed E-state index contributed by atoms with van der Waals surface area (Å²) in [5.41, 5.74) is 11.8. The van der Waals surface area contributed by atoms with E-state index in [4.69, 9.17) is 14.7 Å². The lowest BCUT2D eigenvalue weighted by Crippen LogP contribution is -2.27. The smallest absolute Gasteiger partial charge is 0.213 e. The van der Waals surface area contributed by atoms with Crippen LogP contribution in [0.2, 0.25) is 0 Å². The number of allylic oxidation sites excluding steroid dienone is 4. The van der Waals surface area contributed by atoms with E-state index in [1.165, 1.54) is 43.9 Å². The predicted molar refractivity (Wildman–Crippen MR) is 189 cm³/mol. The van der Waals surface area contributed by atoms with Crippen molar-refractivity contribution in [2.24, 2.45) is 9.98 Å². The molecule has 0 saturated heterocycles. The molecular formula is C41H32N4O. The third-order valence-corrected chi connectivity index (χ3v) is 10.1. The van der Waals surface area contributed by atoms with Crippen molar-refractivity contribution in [3.63, 3.8) is 0 Å². The second-order valence-corrected chi connectivity index (χ2v) is 12.7.